The predicted molar refractivity (Wildman–Crippen MR) is 80.0 cm³/mol. The molecule has 1 fully saturated rings. The average molecular weight is 277 g/mol. The minimum atomic E-state index is -0.0258. The van der Waals surface area contributed by atoms with Crippen molar-refractivity contribution >= 4 is 11.6 Å². The molecule has 0 bridgehead atoms. The van der Waals surface area contributed by atoms with E-state index < -0.39 is 0 Å². The van der Waals surface area contributed by atoms with Crippen LogP contribution in [-0.4, -0.2) is 56.0 Å². The number of likely N-dealkylation sites (tertiary alicyclic amines) is 1. The summed E-state index contributed by atoms with van der Waals surface area (Å²) in [6.45, 7) is 1.85. The maximum absolute atomic E-state index is 12.5. The van der Waals surface area contributed by atoms with Gasteiger partial charge in [0.25, 0.3) is 5.91 Å². The zero-order valence-corrected chi connectivity index (χ0v) is 12.4. The summed E-state index contributed by atoms with van der Waals surface area (Å²) in [7, 11) is 5.50. The first kappa shape index (κ1) is 14.7. The number of benzene rings is 1. The number of ether oxygens (including phenoxy) is 1. The van der Waals surface area contributed by atoms with Crippen molar-refractivity contribution in [1.29, 1.82) is 0 Å². The van der Waals surface area contributed by atoms with Crippen molar-refractivity contribution < 1.29 is 9.53 Å². The van der Waals surface area contributed by atoms with Gasteiger partial charge < -0.3 is 20.3 Å². The van der Waals surface area contributed by atoms with Gasteiger partial charge in [0, 0.05) is 31.4 Å². The van der Waals surface area contributed by atoms with Crippen molar-refractivity contribution in [2.24, 2.45) is 0 Å². The Morgan fingerprint density at radius 3 is 2.90 bits per heavy atom. The lowest BCUT2D eigenvalue weighted by atomic mass is 10.1. The summed E-state index contributed by atoms with van der Waals surface area (Å²) in [6, 6.07) is 5.59. The van der Waals surface area contributed by atoms with Crippen LogP contribution in [0.25, 0.3) is 0 Å². The fourth-order valence-corrected chi connectivity index (χ4v) is 2.70. The van der Waals surface area contributed by atoms with Crippen LogP contribution >= 0.6 is 0 Å². The lowest BCUT2D eigenvalue weighted by Gasteiger charge is -2.26. The Hall–Kier alpha value is -1.75. The number of anilines is 1. The van der Waals surface area contributed by atoms with Gasteiger partial charge in [-0.3, -0.25) is 4.79 Å². The second-order valence-electron chi connectivity index (χ2n) is 5.42. The second-order valence-corrected chi connectivity index (χ2v) is 5.42. The lowest BCUT2D eigenvalue weighted by molar-refractivity contribution is 0.0758. The molecule has 20 heavy (non-hydrogen) atoms. The molecule has 0 spiro atoms. The first-order valence-corrected chi connectivity index (χ1v) is 6.92. The van der Waals surface area contributed by atoms with Gasteiger partial charge in [0.15, 0.2) is 0 Å². The molecule has 0 saturated carbocycles. The largest absolute Gasteiger partial charge is 0.496 e. The zero-order chi connectivity index (χ0) is 14.7. The third-order valence-electron chi connectivity index (χ3n) is 3.96. The standard InChI is InChI=1S/C15H23N3O2/c1-17-8-4-5-12(17)10-18(2)15(19)13-7-6-11(16)9-14(13)20-3/h6-7,9,12H,4-5,8,10,16H2,1-3H3. The van der Waals surface area contributed by atoms with Crippen LogP contribution in [0, 0.1) is 0 Å². The highest BCUT2D eigenvalue weighted by Crippen LogP contribution is 2.23. The second kappa shape index (κ2) is 6.13. The van der Waals surface area contributed by atoms with Crippen LogP contribution in [0.3, 0.4) is 0 Å². The molecule has 5 nitrogen and oxygen atoms in total. The van der Waals surface area contributed by atoms with Gasteiger partial charge in [-0.15, -0.1) is 0 Å². The Morgan fingerprint density at radius 1 is 1.55 bits per heavy atom. The highest BCUT2D eigenvalue weighted by molar-refractivity contribution is 5.97. The predicted octanol–water partition coefficient (Wildman–Crippen LogP) is 1.44. The van der Waals surface area contributed by atoms with E-state index in [-0.39, 0.29) is 5.91 Å². The Kier molecular flexibility index (Phi) is 4.49. The Bertz CT molecular complexity index is 490. The molecule has 0 aliphatic carbocycles. The molecule has 1 aliphatic heterocycles. The van der Waals surface area contributed by atoms with E-state index in [2.05, 4.69) is 11.9 Å². The number of nitrogens with two attached hydrogens (primary N) is 1. The monoisotopic (exact) mass is 277 g/mol. The van der Waals surface area contributed by atoms with Gasteiger partial charge >= 0.3 is 0 Å². The quantitative estimate of drug-likeness (QED) is 0.846. The topological polar surface area (TPSA) is 58.8 Å². The number of carbonyl (C=O) groups is 1. The molecule has 1 aromatic carbocycles. The number of likely N-dealkylation sites (N-methyl/N-ethyl adjacent to an activating group) is 2. The summed E-state index contributed by atoms with van der Waals surface area (Å²) in [5.74, 6) is 0.503. The highest BCUT2D eigenvalue weighted by Gasteiger charge is 2.25. The molecule has 0 aromatic heterocycles. The number of amides is 1. The molecule has 2 rings (SSSR count). The number of carbonyl (C=O) groups excluding carboxylic acids is 1. The number of rotatable bonds is 4. The van der Waals surface area contributed by atoms with Crippen molar-refractivity contribution in [2.45, 2.75) is 18.9 Å². The van der Waals surface area contributed by atoms with Crippen molar-refractivity contribution in [1.82, 2.24) is 9.80 Å². The average Bonchev–Trinajstić information content (AvgIpc) is 2.83. The van der Waals surface area contributed by atoms with Gasteiger partial charge in [-0.1, -0.05) is 0 Å². The van der Waals surface area contributed by atoms with Crippen LogP contribution in [0.5, 0.6) is 5.75 Å². The molecule has 1 unspecified atom stereocenters. The first-order valence-electron chi connectivity index (χ1n) is 6.92. The summed E-state index contributed by atoms with van der Waals surface area (Å²) in [6.07, 6.45) is 2.35. The Balaban J connectivity index is 2.10. The number of nitrogens with zero attached hydrogens (tertiary/aromatic N) is 2. The van der Waals surface area contributed by atoms with E-state index >= 15 is 0 Å². The Labute approximate surface area is 120 Å². The number of nitrogen functional groups attached to an aromatic ring is 1. The van der Waals surface area contributed by atoms with Crippen molar-refractivity contribution in [3.63, 3.8) is 0 Å². The van der Waals surface area contributed by atoms with E-state index in [1.165, 1.54) is 6.42 Å². The van der Waals surface area contributed by atoms with Crippen LogP contribution in [0.15, 0.2) is 18.2 Å². The number of hydrogen-bond donors (Lipinski definition) is 1. The third-order valence-corrected chi connectivity index (χ3v) is 3.96. The van der Waals surface area contributed by atoms with Crippen molar-refractivity contribution in [3.05, 3.63) is 23.8 Å². The van der Waals surface area contributed by atoms with Crippen LogP contribution in [0.2, 0.25) is 0 Å². The van der Waals surface area contributed by atoms with E-state index in [9.17, 15) is 4.79 Å². The van der Waals surface area contributed by atoms with E-state index in [0.29, 0.717) is 23.0 Å². The molecule has 5 heteroatoms. The molecular formula is C15H23N3O2. The molecule has 1 saturated heterocycles. The van der Waals surface area contributed by atoms with Crippen LogP contribution in [-0.2, 0) is 0 Å². The van der Waals surface area contributed by atoms with E-state index in [1.54, 1.807) is 30.2 Å². The molecular weight excluding hydrogens is 254 g/mol. The minimum Gasteiger partial charge on any atom is -0.496 e. The minimum absolute atomic E-state index is 0.0258. The molecule has 1 heterocycles. The van der Waals surface area contributed by atoms with E-state index in [1.807, 2.05) is 7.05 Å². The fourth-order valence-electron chi connectivity index (χ4n) is 2.70. The summed E-state index contributed by atoms with van der Waals surface area (Å²) >= 11 is 0. The highest BCUT2D eigenvalue weighted by atomic mass is 16.5. The normalized spacial score (nSPS) is 19.1. The maximum atomic E-state index is 12.5. The molecule has 1 amide bonds. The Morgan fingerprint density at radius 2 is 2.30 bits per heavy atom. The van der Waals surface area contributed by atoms with Crippen LogP contribution in [0.4, 0.5) is 5.69 Å². The lowest BCUT2D eigenvalue weighted by Crippen LogP contribution is -2.39. The molecule has 1 aliphatic rings. The SMILES string of the molecule is COc1cc(N)ccc1C(=O)N(C)CC1CCCN1C. The van der Waals surface area contributed by atoms with Crippen molar-refractivity contribution in [2.75, 3.05) is 40.0 Å². The molecule has 110 valence electrons. The fraction of sp³-hybridized carbons (Fsp3) is 0.533. The zero-order valence-electron chi connectivity index (χ0n) is 12.4. The number of methoxy groups -OCH3 is 1. The molecule has 2 N–H and O–H groups in total. The van der Waals surface area contributed by atoms with Gasteiger partial charge in [-0.05, 0) is 38.6 Å². The summed E-state index contributed by atoms with van der Waals surface area (Å²) in [5, 5.41) is 0. The van der Waals surface area contributed by atoms with Gasteiger partial charge in [0.1, 0.15) is 5.75 Å². The van der Waals surface area contributed by atoms with Crippen molar-refractivity contribution in [3.8, 4) is 5.75 Å². The summed E-state index contributed by atoms with van der Waals surface area (Å²) in [4.78, 5) is 16.6. The third kappa shape index (κ3) is 3.04. The van der Waals surface area contributed by atoms with E-state index in [0.717, 1.165) is 19.5 Å². The summed E-state index contributed by atoms with van der Waals surface area (Å²) < 4.78 is 5.25. The number of hydrogen-bond acceptors (Lipinski definition) is 4. The molecule has 0 radical (unpaired) electrons. The maximum Gasteiger partial charge on any atom is 0.257 e. The van der Waals surface area contributed by atoms with Gasteiger partial charge in [-0.2, -0.15) is 0 Å². The molecule has 1 aromatic rings. The van der Waals surface area contributed by atoms with Crippen LogP contribution < -0.4 is 10.5 Å². The first-order chi connectivity index (χ1) is 9.52. The van der Waals surface area contributed by atoms with Crippen LogP contribution in [0.1, 0.15) is 23.2 Å². The smallest absolute Gasteiger partial charge is 0.257 e. The van der Waals surface area contributed by atoms with Gasteiger partial charge in [-0.25, -0.2) is 0 Å². The van der Waals surface area contributed by atoms with Gasteiger partial charge in [0.05, 0.1) is 12.7 Å². The summed E-state index contributed by atoms with van der Waals surface area (Å²) in [5.41, 5.74) is 6.87. The molecule has 1 atom stereocenters. The van der Waals surface area contributed by atoms with E-state index in [4.69, 9.17) is 10.5 Å². The van der Waals surface area contributed by atoms with Gasteiger partial charge in [0.2, 0.25) is 0 Å².